The minimum atomic E-state index is -0.104. The fourth-order valence-electron chi connectivity index (χ4n) is 2.15. The monoisotopic (exact) mass is 372 g/mol. The molecule has 25 heavy (non-hydrogen) atoms. The second kappa shape index (κ2) is 8.13. The topological polar surface area (TPSA) is 72.2 Å². The molecule has 3 aromatic rings. The van der Waals surface area contributed by atoms with Gasteiger partial charge in [-0.05, 0) is 31.2 Å². The molecule has 1 amide bonds. The van der Waals surface area contributed by atoms with E-state index >= 15 is 0 Å². The molecule has 1 N–H and O–H groups in total. The summed E-state index contributed by atoms with van der Waals surface area (Å²) >= 11 is 3.01. The zero-order chi connectivity index (χ0) is 17.6. The van der Waals surface area contributed by atoms with Crippen LogP contribution < -0.4 is 5.32 Å². The Morgan fingerprint density at radius 2 is 2.16 bits per heavy atom. The molecule has 0 saturated carbocycles. The number of carbonyl (C=O) groups excluding carboxylic acids is 2. The molecule has 5 nitrogen and oxygen atoms in total. The fourth-order valence-corrected chi connectivity index (χ4v) is 3.76. The SMILES string of the molecule is CC(=O)c1cccc(NC(=O)CSCc2csc(-c3ccco3)n2)c1. The molecule has 0 bridgehead atoms. The highest BCUT2D eigenvalue weighted by Gasteiger charge is 2.09. The number of carbonyl (C=O) groups is 2. The Bertz CT molecular complexity index is 872. The van der Waals surface area contributed by atoms with E-state index in [0.717, 1.165) is 16.5 Å². The van der Waals surface area contributed by atoms with Gasteiger partial charge in [-0.15, -0.1) is 23.1 Å². The third-order valence-electron chi connectivity index (χ3n) is 3.32. The summed E-state index contributed by atoms with van der Waals surface area (Å²) in [6, 6.07) is 10.6. The number of hydrogen-bond donors (Lipinski definition) is 1. The van der Waals surface area contributed by atoms with Crippen LogP contribution >= 0.6 is 23.1 Å². The lowest BCUT2D eigenvalue weighted by Crippen LogP contribution is -2.14. The summed E-state index contributed by atoms with van der Waals surface area (Å²) < 4.78 is 5.32. The van der Waals surface area contributed by atoms with Gasteiger partial charge in [0.25, 0.3) is 0 Å². The molecule has 2 aromatic heterocycles. The van der Waals surface area contributed by atoms with Crippen molar-refractivity contribution >= 4 is 40.5 Å². The van der Waals surface area contributed by atoms with Crippen LogP contribution in [0.2, 0.25) is 0 Å². The zero-order valence-corrected chi connectivity index (χ0v) is 15.2. The van der Waals surface area contributed by atoms with E-state index in [0.29, 0.717) is 22.8 Å². The van der Waals surface area contributed by atoms with Crippen LogP contribution in [0.15, 0.2) is 52.5 Å². The Balaban J connectivity index is 1.48. The summed E-state index contributed by atoms with van der Waals surface area (Å²) in [5, 5.41) is 5.62. The first-order valence-corrected chi connectivity index (χ1v) is 9.62. The molecule has 7 heteroatoms. The van der Waals surface area contributed by atoms with Crippen molar-refractivity contribution < 1.29 is 14.0 Å². The molecule has 0 spiro atoms. The van der Waals surface area contributed by atoms with E-state index < -0.39 is 0 Å². The lowest BCUT2D eigenvalue weighted by molar-refractivity contribution is -0.113. The smallest absolute Gasteiger partial charge is 0.234 e. The number of Topliss-reactive ketones (excluding diaryl/α,β-unsaturated/α-hetero) is 1. The van der Waals surface area contributed by atoms with Crippen LogP contribution in [0.4, 0.5) is 5.69 Å². The summed E-state index contributed by atoms with van der Waals surface area (Å²) in [6.45, 7) is 1.50. The van der Waals surface area contributed by atoms with Gasteiger partial charge in [-0.25, -0.2) is 4.98 Å². The van der Waals surface area contributed by atoms with Gasteiger partial charge in [0.2, 0.25) is 5.91 Å². The Hall–Kier alpha value is -2.38. The van der Waals surface area contributed by atoms with Gasteiger partial charge in [0.05, 0.1) is 17.7 Å². The third kappa shape index (κ3) is 4.80. The molecule has 0 saturated heterocycles. The number of rotatable bonds is 7. The van der Waals surface area contributed by atoms with Crippen molar-refractivity contribution in [3.05, 3.63) is 59.3 Å². The molecule has 0 aliphatic carbocycles. The molecule has 128 valence electrons. The van der Waals surface area contributed by atoms with Crippen molar-refractivity contribution in [2.45, 2.75) is 12.7 Å². The van der Waals surface area contributed by atoms with Gasteiger partial charge in [-0.3, -0.25) is 9.59 Å². The van der Waals surface area contributed by atoms with Crippen molar-refractivity contribution in [3.8, 4) is 10.8 Å². The lowest BCUT2D eigenvalue weighted by atomic mass is 10.1. The summed E-state index contributed by atoms with van der Waals surface area (Å²) in [7, 11) is 0. The minimum Gasteiger partial charge on any atom is -0.462 e. The average molecular weight is 372 g/mol. The first-order chi connectivity index (χ1) is 12.1. The van der Waals surface area contributed by atoms with E-state index in [-0.39, 0.29) is 11.7 Å². The Morgan fingerprint density at radius 1 is 1.28 bits per heavy atom. The van der Waals surface area contributed by atoms with Gasteiger partial charge < -0.3 is 9.73 Å². The number of nitrogens with zero attached hydrogens (tertiary/aromatic N) is 1. The van der Waals surface area contributed by atoms with E-state index in [2.05, 4.69) is 10.3 Å². The van der Waals surface area contributed by atoms with Gasteiger partial charge in [-0.1, -0.05) is 12.1 Å². The number of furan rings is 1. The van der Waals surface area contributed by atoms with E-state index in [1.807, 2.05) is 17.5 Å². The highest BCUT2D eigenvalue weighted by molar-refractivity contribution is 7.99. The Morgan fingerprint density at radius 3 is 2.92 bits per heavy atom. The van der Waals surface area contributed by atoms with E-state index in [1.165, 1.54) is 30.0 Å². The van der Waals surface area contributed by atoms with Crippen molar-refractivity contribution in [2.24, 2.45) is 0 Å². The molecule has 0 radical (unpaired) electrons. The molecule has 0 aliphatic heterocycles. The molecule has 1 aromatic carbocycles. The number of amides is 1. The van der Waals surface area contributed by atoms with Crippen LogP contribution in [0.1, 0.15) is 23.0 Å². The van der Waals surface area contributed by atoms with Crippen molar-refractivity contribution in [1.29, 1.82) is 0 Å². The van der Waals surface area contributed by atoms with Crippen LogP contribution in [0.25, 0.3) is 10.8 Å². The van der Waals surface area contributed by atoms with Crippen molar-refractivity contribution in [1.82, 2.24) is 4.98 Å². The quantitative estimate of drug-likeness (QED) is 0.619. The van der Waals surface area contributed by atoms with Crippen LogP contribution in [-0.4, -0.2) is 22.4 Å². The van der Waals surface area contributed by atoms with Crippen LogP contribution in [-0.2, 0) is 10.5 Å². The Labute approximate surface area is 153 Å². The summed E-state index contributed by atoms with van der Waals surface area (Å²) in [5.41, 5.74) is 2.14. The molecular weight excluding hydrogens is 356 g/mol. The largest absolute Gasteiger partial charge is 0.462 e. The lowest BCUT2D eigenvalue weighted by Gasteiger charge is -2.06. The second-order valence-corrected chi connectivity index (χ2v) is 7.14. The average Bonchev–Trinajstić information content (AvgIpc) is 3.26. The molecule has 0 fully saturated rings. The van der Waals surface area contributed by atoms with E-state index in [1.54, 1.807) is 30.5 Å². The van der Waals surface area contributed by atoms with Crippen molar-refractivity contribution in [2.75, 3.05) is 11.1 Å². The van der Waals surface area contributed by atoms with E-state index in [9.17, 15) is 9.59 Å². The van der Waals surface area contributed by atoms with Gasteiger partial charge >= 0.3 is 0 Å². The number of nitrogens with one attached hydrogen (secondary N) is 1. The number of thioether (sulfide) groups is 1. The van der Waals surface area contributed by atoms with Crippen LogP contribution in [0.5, 0.6) is 0 Å². The summed E-state index contributed by atoms with van der Waals surface area (Å²) in [4.78, 5) is 27.9. The number of hydrogen-bond acceptors (Lipinski definition) is 6. The van der Waals surface area contributed by atoms with Gasteiger partial charge in [0.1, 0.15) is 0 Å². The number of benzene rings is 1. The number of ketones is 1. The standard InChI is InChI=1S/C18H16N2O3S2/c1-12(21)13-4-2-5-14(8-13)19-17(22)11-24-9-15-10-25-18(20-15)16-6-3-7-23-16/h2-8,10H,9,11H2,1H3,(H,19,22). The maximum Gasteiger partial charge on any atom is 0.234 e. The number of aromatic nitrogens is 1. The molecule has 0 unspecified atom stereocenters. The molecule has 3 rings (SSSR count). The normalized spacial score (nSPS) is 10.6. The van der Waals surface area contributed by atoms with Crippen molar-refractivity contribution in [3.63, 3.8) is 0 Å². The fraction of sp³-hybridized carbons (Fsp3) is 0.167. The van der Waals surface area contributed by atoms with Gasteiger partial charge in [-0.2, -0.15) is 0 Å². The first kappa shape index (κ1) is 17.4. The van der Waals surface area contributed by atoms with Crippen LogP contribution in [0.3, 0.4) is 0 Å². The highest BCUT2D eigenvalue weighted by atomic mass is 32.2. The number of thiazole rings is 1. The first-order valence-electron chi connectivity index (χ1n) is 7.58. The highest BCUT2D eigenvalue weighted by Crippen LogP contribution is 2.25. The predicted octanol–water partition coefficient (Wildman–Crippen LogP) is 4.48. The maximum absolute atomic E-state index is 12.0. The number of anilines is 1. The maximum atomic E-state index is 12.0. The summed E-state index contributed by atoms with van der Waals surface area (Å²) in [5.74, 6) is 1.59. The van der Waals surface area contributed by atoms with Crippen LogP contribution in [0, 0.1) is 0 Å². The molecular formula is C18H16N2O3S2. The third-order valence-corrected chi connectivity index (χ3v) is 5.19. The Kier molecular flexibility index (Phi) is 5.67. The van der Waals surface area contributed by atoms with Gasteiger partial charge in [0, 0.05) is 22.4 Å². The molecule has 0 atom stereocenters. The second-order valence-electron chi connectivity index (χ2n) is 5.30. The van der Waals surface area contributed by atoms with Gasteiger partial charge in [0.15, 0.2) is 16.6 Å². The van der Waals surface area contributed by atoms with E-state index in [4.69, 9.17) is 4.42 Å². The predicted molar refractivity (Wildman–Crippen MR) is 101 cm³/mol. The molecule has 0 aliphatic rings. The zero-order valence-electron chi connectivity index (χ0n) is 13.5. The summed E-state index contributed by atoms with van der Waals surface area (Å²) in [6.07, 6.45) is 1.62. The molecule has 2 heterocycles. The minimum absolute atomic E-state index is 0.0265.